The number of ether oxygens (including phenoxy) is 2. The van der Waals surface area contributed by atoms with Gasteiger partial charge in [-0.2, -0.15) is 0 Å². The summed E-state index contributed by atoms with van der Waals surface area (Å²) in [6.07, 6.45) is 6.69. The van der Waals surface area contributed by atoms with Crippen molar-refractivity contribution in [3.63, 3.8) is 0 Å². The lowest BCUT2D eigenvalue weighted by atomic mass is 9.85. The first-order valence-corrected chi connectivity index (χ1v) is 14.7. The molecular weight excluding hydrogens is 496 g/mol. The third-order valence-electron chi connectivity index (χ3n) is 6.73. The fraction of sp³-hybridized carbons (Fsp3) is 0.846. The van der Waals surface area contributed by atoms with Crippen LogP contribution in [0.15, 0.2) is 9.64 Å². The maximum absolute atomic E-state index is 13.0. The van der Waals surface area contributed by atoms with Crippen LogP contribution in [0.5, 0.6) is 0 Å². The lowest BCUT2D eigenvalue weighted by Crippen LogP contribution is -2.48. The summed E-state index contributed by atoms with van der Waals surface area (Å²) in [6, 6.07) is -0.483. The molecule has 0 radical (unpaired) electrons. The fourth-order valence-corrected chi connectivity index (χ4v) is 5.48. The molecule has 37 heavy (non-hydrogen) atoms. The smallest absolute Gasteiger partial charge is 0.306 e. The van der Waals surface area contributed by atoms with Crippen LogP contribution in [0.1, 0.15) is 90.6 Å². The summed E-state index contributed by atoms with van der Waals surface area (Å²) in [4.78, 5) is 24.7. The quantitative estimate of drug-likeness (QED) is 0.194. The number of hydrogen-bond donors (Lipinski definition) is 3. The van der Waals surface area contributed by atoms with E-state index in [2.05, 4.69) is 20.8 Å². The first-order valence-electron chi connectivity index (χ1n) is 13.7. The fourth-order valence-electron chi connectivity index (χ4n) is 4.81. The van der Waals surface area contributed by atoms with Crippen LogP contribution in [-0.4, -0.2) is 70.9 Å². The predicted molar refractivity (Wildman–Crippen MR) is 140 cm³/mol. The van der Waals surface area contributed by atoms with Crippen molar-refractivity contribution in [3.8, 4) is 0 Å². The summed E-state index contributed by atoms with van der Waals surface area (Å²) < 4.78 is 16.6. The van der Waals surface area contributed by atoms with Crippen LogP contribution >= 0.6 is 11.8 Å². The molecule has 0 spiro atoms. The molecular formula is C26H44N4O6S. The van der Waals surface area contributed by atoms with Crippen molar-refractivity contribution in [2.24, 2.45) is 11.8 Å². The Hall–Kier alpha value is -1.69. The van der Waals surface area contributed by atoms with Crippen LogP contribution < -0.4 is 10.6 Å². The molecule has 2 unspecified atom stereocenters. The Kier molecular flexibility index (Phi) is 12.1. The number of thioether (sulfide) groups is 1. The summed E-state index contributed by atoms with van der Waals surface area (Å²) in [6.45, 7) is 8.23. The second kappa shape index (κ2) is 15.0. The van der Waals surface area contributed by atoms with Gasteiger partial charge in [-0.1, -0.05) is 31.0 Å². The van der Waals surface area contributed by atoms with Gasteiger partial charge in [-0.3, -0.25) is 9.59 Å². The topological polar surface area (TPSA) is 136 Å². The van der Waals surface area contributed by atoms with Gasteiger partial charge in [0.15, 0.2) is 6.10 Å². The van der Waals surface area contributed by atoms with E-state index in [1.165, 1.54) is 18.2 Å². The Morgan fingerprint density at radius 1 is 1.11 bits per heavy atom. The maximum Gasteiger partial charge on any atom is 0.306 e. The molecule has 2 aliphatic rings. The van der Waals surface area contributed by atoms with Crippen LogP contribution in [0.25, 0.3) is 0 Å². The third-order valence-corrected chi connectivity index (χ3v) is 7.55. The molecule has 0 aromatic carbocycles. The normalized spacial score (nSPS) is 19.4. The monoisotopic (exact) mass is 540 g/mol. The Morgan fingerprint density at radius 2 is 1.84 bits per heavy atom. The van der Waals surface area contributed by atoms with Gasteiger partial charge < -0.3 is 29.6 Å². The number of nitrogens with one attached hydrogen (secondary N) is 2. The molecule has 3 rings (SSSR count). The van der Waals surface area contributed by atoms with Crippen molar-refractivity contribution in [2.75, 3.05) is 32.1 Å². The number of esters is 1. The van der Waals surface area contributed by atoms with E-state index in [-0.39, 0.29) is 29.6 Å². The number of aliphatic hydroxyl groups excluding tert-OH is 1. The average molecular weight is 541 g/mol. The van der Waals surface area contributed by atoms with Gasteiger partial charge in [-0.15, -0.1) is 10.2 Å². The lowest BCUT2D eigenvalue weighted by molar-refractivity contribution is -0.154. The number of rotatable bonds is 13. The zero-order chi connectivity index (χ0) is 26.7. The van der Waals surface area contributed by atoms with Crippen LogP contribution in [0.2, 0.25) is 0 Å². The molecule has 1 aliphatic carbocycles. The van der Waals surface area contributed by atoms with Crippen LogP contribution in [0.4, 0.5) is 0 Å². The number of aliphatic hydroxyl groups is 1. The van der Waals surface area contributed by atoms with E-state index in [1.807, 2.05) is 20.8 Å². The first kappa shape index (κ1) is 29.9. The maximum atomic E-state index is 13.0. The molecule has 10 nitrogen and oxygen atoms in total. The van der Waals surface area contributed by atoms with Gasteiger partial charge in [-0.25, -0.2) is 0 Å². The van der Waals surface area contributed by atoms with Gasteiger partial charge in [0, 0.05) is 37.9 Å². The molecule has 3 N–H and O–H groups in total. The molecule has 1 amide bonds. The molecule has 2 atom stereocenters. The number of carbonyl (C=O) groups is 2. The Labute approximate surface area is 224 Å². The third kappa shape index (κ3) is 10.5. The second-order valence-electron chi connectivity index (χ2n) is 11.0. The van der Waals surface area contributed by atoms with Crippen LogP contribution in [0, 0.1) is 11.8 Å². The van der Waals surface area contributed by atoms with Crippen LogP contribution in [0.3, 0.4) is 0 Å². The highest BCUT2D eigenvalue weighted by atomic mass is 32.2. The molecule has 210 valence electrons. The Bertz CT molecular complexity index is 833. The van der Waals surface area contributed by atoms with Gasteiger partial charge in [-0.05, 0) is 65.3 Å². The van der Waals surface area contributed by atoms with E-state index >= 15 is 0 Å². The van der Waals surface area contributed by atoms with Gasteiger partial charge in [0.1, 0.15) is 5.60 Å². The van der Waals surface area contributed by atoms with Crippen molar-refractivity contribution < 1.29 is 28.6 Å². The van der Waals surface area contributed by atoms with E-state index in [1.54, 1.807) is 0 Å². The summed E-state index contributed by atoms with van der Waals surface area (Å²) in [5, 5.41) is 26.1. The van der Waals surface area contributed by atoms with Crippen molar-refractivity contribution in [2.45, 2.75) is 102 Å². The lowest BCUT2D eigenvalue weighted by Gasteiger charge is -2.34. The Balaban J connectivity index is 1.44. The van der Waals surface area contributed by atoms with Crippen molar-refractivity contribution in [3.05, 3.63) is 5.89 Å². The molecule has 1 aliphatic heterocycles. The number of nitrogens with zero attached hydrogens (tertiary/aromatic N) is 2. The summed E-state index contributed by atoms with van der Waals surface area (Å²) in [5.41, 5.74) is -0.455. The van der Waals surface area contributed by atoms with Crippen molar-refractivity contribution in [1.29, 1.82) is 0 Å². The van der Waals surface area contributed by atoms with Gasteiger partial charge in [0.25, 0.3) is 5.22 Å². The molecule has 11 heteroatoms. The van der Waals surface area contributed by atoms with E-state index in [0.717, 1.165) is 38.5 Å². The summed E-state index contributed by atoms with van der Waals surface area (Å²) >= 11 is 1.40. The number of carbonyl (C=O) groups excluding carboxylic acids is 2. The van der Waals surface area contributed by atoms with Gasteiger partial charge >= 0.3 is 5.97 Å². The highest BCUT2D eigenvalue weighted by Crippen LogP contribution is 2.31. The largest absolute Gasteiger partial charge is 0.460 e. The van der Waals surface area contributed by atoms with Gasteiger partial charge in [0.2, 0.25) is 11.8 Å². The van der Waals surface area contributed by atoms with Crippen molar-refractivity contribution >= 4 is 23.6 Å². The van der Waals surface area contributed by atoms with E-state index in [9.17, 15) is 14.7 Å². The molecule has 1 aromatic rings. The molecule has 0 bridgehead atoms. The molecule has 1 saturated heterocycles. The van der Waals surface area contributed by atoms with E-state index in [0.29, 0.717) is 50.1 Å². The first-order chi connectivity index (χ1) is 17.7. The molecule has 2 fully saturated rings. The Morgan fingerprint density at radius 3 is 2.54 bits per heavy atom. The van der Waals surface area contributed by atoms with Gasteiger partial charge in [0.05, 0.1) is 6.04 Å². The predicted octanol–water partition coefficient (Wildman–Crippen LogP) is 3.40. The average Bonchev–Trinajstić information content (AvgIpc) is 3.35. The summed E-state index contributed by atoms with van der Waals surface area (Å²) in [7, 11) is 0. The molecule has 1 saturated carbocycles. The minimum atomic E-state index is -1.07. The highest BCUT2D eigenvalue weighted by Gasteiger charge is 2.36. The van der Waals surface area contributed by atoms with E-state index < -0.39 is 17.7 Å². The highest BCUT2D eigenvalue weighted by molar-refractivity contribution is 7.99. The zero-order valence-electron chi connectivity index (χ0n) is 22.5. The van der Waals surface area contributed by atoms with Crippen molar-refractivity contribution in [1.82, 2.24) is 20.8 Å². The zero-order valence-corrected chi connectivity index (χ0v) is 23.3. The SMILES string of the molecule is CC(C)(C)OC(=O)CCCNCCSc1nnc(C(O)C(NC(=O)C2CCCCC2)C2CCOCC2)o1. The van der Waals surface area contributed by atoms with E-state index in [4.69, 9.17) is 13.9 Å². The molecule has 1 aromatic heterocycles. The van der Waals surface area contributed by atoms with Crippen LogP contribution in [-0.2, 0) is 19.1 Å². The molecule has 2 heterocycles. The standard InChI is InChI=1S/C26H44N4O6S/c1-26(2,3)36-20(31)10-7-13-27-14-17-37-25-30-29-24(35-25)22(32)21(18-11-15-34-16-12-18)28-23(33)19-8-5-4-6-9-19/h18-19,21-22,27,32H,4-17H2,1-3H3,(H,28,33). The number of amides is 1. The summed E-state index contributed by atoms with van der Waals surface area (Å²) in [5.74, 6) is 0.759. The second-order valence-corrected chi connectivity index (χ2v) is 12.0. The number of hydrogen-bond acceptors (Lipinski definition) is 10. The minimum absolute atomic E-state index is 0.00808. The number of aromatic nitrogens is 2. The minimum Gasteiger partial charge on any atom is -0.460 e.